The van der Waals surface area contributed by atoms with Crippen LogP contribution in [0.25, 0.3) is 11.3 Å². The van der Waals surface area contributed by atoms with Crippen molar-refractivity contribution < 1.29 is 9.47 Å². The first kappa shape index (κ1) is 10.8. The van der Waals surface area contributed by atoms with Crippen molar-refractivity contribution in [3.05, 3.63) is 39.7 Å². The highest BCUT2D eigenvalue weighted by Crippen LogP contribution is 2.40. The highest BCUT2D eigenvalue weighted by Gasteiger charge is 2.23. The molecule has 3 rings (SSSR count). The van der Waals surface area contributed by atoms with Crippen LogP contribution in [0.15, 0.2) is 23.0 Å². The predicted octanol–water partition coefficient (Wildman–Crippen LogP) is 1.36. The van der Waals surface area contributed by atoms with Gasteiger partial charge >= 0.3 is 0 Å². The van der Waals surface area contributed by atoms with Crippen molar-refractivity contribution in [1.82, 2.24) is 10.2 Å². The number of fused-ring (bicyclic) bond motifs is 3. The van der Waals surface area contributed by atoms with Crippen LogP contribution >= 0.6 is 0 Å². The fraction of sp³-hybridized carbons (Fsp3) is 0.231. The second-order valence-corrected chi connectivity index (χ2v) is 4.15. The summed E-state index contributed by atoms with van der Waals surface area (Å²) in [6.07, 6.45) is 0.696. The molecule has 18 heavy (non-hydrogen) atoms. The zero-order chi connectivity index (χ0) is 12.7. The number of benzene rings is 1. The first-order chi connectivity index (χ1) is 8.72. The maximum absolute atomic E-state index is 11.3. The van der Waals surface area contributed by atoms with E-state index in [1.807, 2.05) is 12.1 Å². The molecule has 0 atom stereocenters. The highest BCUT2D eigenvalue weighted by molar-refractivity contribution is 5.76. The van der Waals surface area contributed by atoms with Gasteiger partial charge in [0.05, 0.1) is 19.9 Å². The maximum Gasteiger partial charge on any atom is 0.264 e. The van der Waals surface area contributed by atoms with Gasteiger partial charge in [-0.3, -0.25) is 4.79 Å². The Kier molecular flexibility index (Phi) is 2.33. The lowest BCUT2D eigenvalue weighted by Gasteiger charge is -2.09. The topological polar surface area (TPSA) is 64.2 Å². The molecule has 1 aliphatic rings. The van der Waals surface area contributed by atoms with Gasteiger partial charge < -0.3 is 9.47 Å². The van der Waals surface area contributed by atoms with Gasteiger partial charge in [0, 0.05) is 18.1 Å². The van der Waals surface area contributed by atoms with Crippen LogP contribution in [-0.4, -0.2) is 24.4 Å². The molecule has 0 bridgehead atoms. The molecule has 0 unspecified atom stereocenters. The summed E-state index contributed by atoms with van der Waals surface area (Å²) in [4.78, 5) is 11.3. The molecule has 1 N–H and O–H groups in total. The summed E-state index contributed by atoms with van der Waals surface area (Å²) in [7, 11) is 3.20. The summed E-state index contributed by atoms with van der Waals surface area (Å²) in [6.45, 7) is 0. The van der Waals surface area contributed by atoms with Crippen LogP contribution < -0.4 is 15.0 Å². The molecule has 1 heterocycles. The molecule has 0 aliphatic heterocycles. The molecule has 1 aromatic carbocycles. The van der Waals surface area contributed by atoms with E-state index in [0.717, 1.165) is 22.4 Å². The molecule has 0 saturated carbocycles. The fourth-order valence-electron chi connectivity index (χ4n) is 2.30. The van der Waals surface area contributed by atoms with Crippen LogP contribution in [0.4, 0.5) is 0 Å². The third kappa shape index (κ3) is 1.48. The molecular formula is C13H12N2O3. The third-order valence-electron chi connectivity index (χ3n) is 3.13. The van der Waals surface area contributed by atoms with Gasteiger partial charge in [0.2, 0.25) is 0 Å². The number of nitrogens with one attached hydrogen (secondary N) is 1. The molecule has 5 nitrogen and oxygen atoms in total. The number of aromatic amines is 1. The van der Waals surface area contributed by atoms with Crippen molar-refractivity contribution in [3.63, 3.8) is 0 Å². The van der Waals surface area contributed by atoms with Crippen molar-refractivity contribution in [3.8, 4) is 22.8 Å². The number of hydrogen-bond donors (Lipinski definition) is 1. The number of H-pyrrole nitrogens is 1. The molecule has 1 aromatic heterocycles. The van der Waals surface area contributed by atoms with Crippen molar-refractivity contribution in [2.75, 3.05) is 14.2 Å². The lowest BCUT2D eigenvalue weighted by atomic mass is 10.1. The third-order valence-corrected chi connectivity index (χ3v) is 3.13. The van der Waals surface area contributed by atoms with Crippen molar-refractivity contribution in [2.24, 2.45) is 0 Å². The SMILES string of the molecule is COc1cc2c(cc1OC)-c1n[nH]c(=O)cc1C2. The quantitative estimate of drug-likeness (QED) is 0.739. The first-order valence-corrected chi connectivity index (χ1v) is 5.57. The fourth-order valence-corrected chi connectivity index (χ4v) is 2.30. The molecule has 0 amide bonds. The predicted molar refractivity (Wildman–Crippen MR) is 66.2 cm³/mol. The average Bonchev–Trinajstić information content (AvgIpc) is 2.73. The van der Waals surface area contributed by atoms with Crippen molar-refractivity contribution in [1.29, 1.82) is 0 Å². The maximum atomic E-state index is 11.3. The Labute approximate surface area is 103 Å². The molecule has 2 aromatic rings. The summed E-state index contributed by atoms with van der Waals surface area (Å²) < 4.78 is 10.5. The van der Waals surface area contributed by atoms with Gasteiger partial charge in [-0.25, -0.2) is 5.10 Å². The van der Waals surface area contributed by atoms with Crippen LogP contribution in [-0.2, 0) is 6.42 Å². The molecule has 0 spiro atoms. The van der Waals surface area contributed by atoms with Gasteiger partial charge in [-0.1, -0.05) is 0 Å². The first-order valence-electron chi connectivity index (χ1n) is 5.57. The molecule has 5 heteroatoms. The Morgan fingerprint density at radius 3 is 2.56 bits per heavy atom. The van der Waals surface area contributed by atoms with Crippen molar-refractivity contribution in [2.45, 2.75) is 6.42 Å². The number of methoxy groups -OCH3 is 2. The van der Waals surface area contributed by atoms with E-state index in [0.29, 0.717) is 17.9 Å². The number of rotatable bonds is 2. The molecule has 1 aliphatic carbocycles. The van der Waals surface area contributed by atoms with Gasteiger partial charge in [0.1, 0.15) is 0 Å². The summed E-state index contributed by atoms with van der Waals surface area (Å²) in [5.74, 6) is 1.35. The zero-order valence-corrected chi connectivity index (χ0v) is 10.1. The van der Waals surface area contributed by atoms with Crippen LogP contribution in [0.5, 0.6) is 11.5 Å². The van der Waals surface area contributed by atoms with Crippen LogP contribution in [0.3, 0.4) is 0 Å². The van der Waals surface area contributed by atoms with E-state index in [4.69, 9.17) is 9.47 Å². The van der Waals surface area contributed by atoms with Crippen LogP contribution in [0.1, 0.15) is 11.1 Å². The summed E-state index contributed by atoms with van der Waals surface area (Å²) in [5, 5.41) is 6.56. The largest absolute Gasteiger partial charge is 0.493 e. The molecule has 92 valence electrons. The zero-order valence-electron chi connectivity index (χ0n) is 10.1. The second-order valence-electron chi connectivity index (χ2n) is 4.15. The standard InChI is InChI=1S/C13H12N2O3/c1-17-10-4-7-3-8-5-12(16)14-15-13(8)9(7)6-11(10)18-2/h4-6H,3H2,1-2H3,(H,14,16). The number of ether oxygens (including phenoxy) is 2. The van der Waals surface area contributed by atoms with Gasteiger partial charge in [0.15, 0.2) is 11.5 Å². The Bertz CT molecular complexity index is 676. The minimum Gasteiger partial charge on any atom is -0.493 e. The van der Waals surface area contributed by atoms with Gasteiger partial charge in [-0.15, -0.1) is 0 Å². The highest BCUT2D eigenvalue weighted by atomic mass is 16.5. The number of nitrogens with zero attached hydrogens (tertiary/aromatic N) is 1. The Hall–Kier alpha value is -2.30. The Morgan fingerprint density at radius 2 is 1.83 bits per heavy atom. The summed E-state index contributed by atoms with van der Waals surface area (Å²) in [5.41, 5.74) is 3.64. The van der Waals surface area contributed by atoms with E-state index in [1.165, 1.54) is 0 Å². The summed E-state index contributed by atoms with van der Waals surface area (Å²) in [6, 6.07) is 5.41. The van der Waals surface area contributed by atoms with E-state index in [9.17, 15) is 4.79 Å². The number of aromatic nitrogens is 2. The van der Waals surface area contributed by atoms with E-state index >= 15 is 0 Å². The minimum atomic E-state index is -0.180. The average molecular weight is 244 g/mol. The van der Waals surface area contributed by atoms with Crippen LogP contribution in [0, 0.1) is 0 Å². The lowest BCUT2D eigenvalue weighted by Crippen LogP contribution is -2.07. The summed E-state index contributed by atoms with van der Waals surface area (Å²) >= 11 is 0. The minimum absolute atomic E-state index is 0.180. The van der Waals surface area contributed by atoms with E-state index < -0.39 is 0 Å². The monoisotopic (exact) mass is 244 g/mol. The van der Waals surface area contributed by atoms with Gasteiger partial charge in [-0.2, -0.15) is 5.10 Å². The normalized spacial score (nSPS) is 11.9. The molecule has 0 fully saturated rings. The Morgan fingerprint density at radius 1 is 1.11 bits per heavy atom. The van der Waals surface area contributed by atoms with Crippen LogP contribution in [0.2, 0.25) is 0 Å². The van der Waals surface area contributed by atoms with Gasteiger partial charge in [-0.05, 0) is 23.3 Å². The Balaban J connectivity index is 2.21. The molecular weight excluding hydrogens is 232 g/mol. The smallest absolute Gasteiger partial charge is 0.264 e. The van der Waals surface area contributed by atoms with Crippen molar-refractivity contribution >= 4 is 0 Å². The lowest BCUT2D eigenvalue weighted by molar-refractivity contribution is 0.355. The van der Waals surface area contributed by atoms with E-state index in [-0.39, 0.29) is 5.56 Å². The van der Waals surface area contributed by atoms with Gasteiger partial charge in [0.25, 0.3) is 5.56 Å². The second kappa shape index (κ2) is 3.87. The molecule has 0 radical (unpaired) electrons. The molecule has 0 saturated heterocycles. The van der Waals surface area contributed by atoms with E-state index in [2.05, 4.69) is 10.2 Å². The van der Waals surface area contributed by atoms with E-state index in [1.54, 1.807) is 20.3 Å². The number of hydrogen-bond acceptors (Lipinski definition) is 4.